The van der Waals surface area contributed by atoms with E-state index >= 15 is 0 Å². The van der Waals surface area contributed by atoms with Gasteiger partial charge in [0.05, 0.1) is 10.7 Å². The summed E-state index contributed by atoms with van der Waals surface area (Å²) >= 11 is 5.93. The van der Waals surface area contributed by atoms with Gasteiger partial charge in [0.2, 0.25) is 0 Å². The molecular formula is C14H10ClFN. The second-order valence-corrected chi connectivity index (χ2v) is 3.89. The van der Waals surface area contributed by atoms with E-state index in [-0.39, 0.29) is 5.82 Å². The Morgan fingerprint density at radius 1 is 1.29 bits per heavy atom. The van der Waals surface area contributed by atoms with Crippen LogP contribution in [0.4, 0.5) is 4.39 Å². The van der Waals surface area contributed by atoms with Gasteiger partial charge in [0.1, 0.15) is 5.82 Å². The third-order valence-electron chi connectivity index (χ3n) is 2.26. The molecule has 0 unspecified atom stereocenters. The van der Waals surface area contributed by atoms with E-state index in [9.17, 15) is 4.39 Å². The summed E-state index contributed by atoms with van der Waals surface area (Å²) in [6.45, 7) is 0. The Hall–Kier alpha value is -1.67. The number of allylic oxidation sites excluding steroid dienone is 1. The number of benzene rings is 1. The molecule has 1 radical (unpaired) electrons. The molecule has 1 aromatic heterocycles. The van der Waals surface area contributed by atoms with E-state index < -0.39 is 0 Å². The van der Waals surface area contributed by atoms with Gasteiger partial charge < -0.3 is 0 Å². The summed E-state index contributed by atoms with van der Waals surface area (Å²) in [5.41, 5.74) is 1.73. The van der Waals surface area contributed by atoms with E-state index in [1.807, 2.05) is 12.2 Å². The molecule has 0 N–H and O–H groups in total. The third-order valence-corrected chi connectivity index (χ3v) is 2.59. The Morgan fingerprint density at radius 2 is 2.06 bits per heavy atom. The predicted octanol–water partition coefficient (Wildman–Crippen LogP) is 3.93. The van der Waals surface area contributed by atoms with Gasteiger partial charge in [0, 0.05) is 18.7 Å². The molecular weight excluding hydrogens is 237 g/mol. The molecule has 2 rings (SSSR count). The standard InChI is InChI=1S/C14H10ClFN/c15-13-4-2-10-17-14(13)5-1-3-11-6-8-12(16)9-7-11/h1-3,6-10H,5H2. The molecule has 0 amide bonds. The molecule has 1 nitrogen and oxygen atoms in total. The van der Waals surface area contributed by atoms with Crippen LogP contribution < -0.4 is 0 Å². The maximum Gasteiger partial charge on any atom is 0.123 e. The molecule has 0 bridgehead atoms. The summed E-state index contributed by atoms with van der Waals surface area (Å²) < 4.78 is 12.7. The van der Waals surface area contributed by atoms with Crippen LogP contribution in [-0.2, 0) is 6.42 Å². The summed E-state index contributed by atoms with van der Waals surface area (Å²) in [4.78, 5) is 4.15. The van der Waals surface area contributed by atoms with Crippen molar-refractivity contribution in [3.8, 4) is 0 Å². The average molecular weight is 247 g/mol. The summed E-state index contributed by atoms with van der Waals surface area (Å²) in [5.74, 6) is -0.232. The molecule has 0 aliphatic carbocycles. The maximum atomic E-state index is 12.7. The Kier molecular flexibility index (Phi) is 3.89. The smallest absolute Gasteiger partial charge is 0.123 e. The minimum atomic E-state index is -0.232. The van der Waals surface area contributed by atoms with Crippen LogP contribution in [0.25, 0.3) is 6.08 Å². The van der Waals surface area contributed by atoms with Gasteiger partial charge in [-0.3, -0.25) is 4.98 Å². The van der Waals surface area contributed by atoms with E-state index in [0.29, 0.717) is 11.4 Å². The van der Waals surface area contributed by atoms with Gasteiger partial charge in [-0.1, -0.05) is 35.9 Å². The molecule has 3 heteroatoms. The van der Waals surface area contributed by atoms with E-state index in [2.05, 4.69) is 11.1 Å². The Labute approximate surface area is 105 Å². The minimum Gasteiger partial charge on any atom is -0.259 e. The molecule has 0 saturated carbocycles. The van der Waals surface area contributed by atoms with Crippen molar-refractivity contribution in [2.45, 2.75) is 6.42 Å². The van der Waals surface area contributed by atoms with Crippen LogP contribution in [0, 0.1) is 11.9 Å². The van der Waals surface area contributed by atoms with Crippen molar-refractivity contribution in [2.75, 3.05) is 0 Å². The Bertz CT molecular complexity index is 520. The molecule has 0 fully saturated rings. The van der Waals surface area contributed by atoms with Gasteiger partial charge >= 0.3 is 0 Å². The first-order valence-electron chi connectivity index (χ1n) is 5.19. The maximum absolute atomic E-state index is 12.7. The highest BCUT2D eigenvalue weighted by molar-refractivity contribution is 6.31. The van der Waals surface area contributed by atoms with Crippen LogP contribution >= 0.6 is 11.6 Å². The van der Waals surface area contributed by atoms with Crippen molar-refractivity contribution >= 4 is 17.7 Å². The first-order chi connectivity index (χ1) is 8.25. The van der Waals surface area contributed by atoms with Crippen molar-refractivity contribution in [1.29, 1.82) is 0 Å². The van der Waals surface area contributed by atoms with Gasteiger partial charge in [-0.15, -0.1) is 0 Å². The second-order valence-electron chi connectivity index (χ2n) is 3.51. The monoisotopic (exact) mass is 246 g/mol. The van der Waals surface area contributed by atoms with Crippen LogP contribution in [0.1, 0.15) is 11.3 Å². The fourth-order valence-electron chi connectivity index (χ4n) is 1.40. The van der Waals surface area contributed by atoms with Crippen LogP contribution in [0.3, 0.4) is 0 Å². The lowest BCUT2D eigenvalue weighted by atomic mass is 10.2. The second kappa shape index (κ2) is 5.60. The van der Waals surface area contributed by atoms with E-state index in [0.717, 1.165) is 11.3 Å². The zero-order valence-corrected chi connectivity index (χ0v) is 9.78. The Balaban J connectivity index is 2.03. The molecule has 0 atom stereocenters. The van der Waals surface area contributed by atoms with Crippen LogP contribution in [0.5, 0.6) is 0 Å². The third kappa shape index (κ3) is 3.40. The van der Waals surface area contributed by atoms with Gasteiger partial charge in [-0.2, -0.15) is 0 Å². The van der Waals surface area contributed by atoms with Crippen LogP contribution in [0.2, 0.25) is 5.02 Å². The van der Waals surface area contributed by atoms with E-state index in [4.69, 9.17) is 11.6 Å². The van der Waals surface area contributed by atoms with Gasteiger partial charge in [0.15, 0.2) is 0 Å². The quantitative estimate of drug-likeness (QED) is 0.800. The molecule has 0 aliphatic rings. The average Bonchev–Trinajstić information content (AvgIpc) is 2.34. The molecule has 1 heterocycles. The summed E-state index contributed by atoms with van der Waals surface area (Å²) in [6, 6.07) is 10.9. The highest BCUT2D eigenvalue weighted by Crippen LogP contribution is 2.13. The highest BCUT2D eigenvalue weighted by atomic mass is 35.5. The zero-order chi connectivity index (χ0) is 12.1. The van der Waals surface area contributed by atoms with Crippen molar-refractivity contribution in [1.82, 2.24) is 4.98 Å². The molecule has 17 heavy (non-hydrogen) atoms. The van der Waals surface area contributed by atoms with Crippen molar-refractivity contribution in [3.05, 3.63) is 70.8 Å². The first-order valence-corrected chi connectivity index (χ1v) is 5.56. The molecule has 0 aliphatic heterocycles. The number of hydrogen-bond donors (Lipinski definition) is 0. The van der Waals surface area contributed by atoms with Crippen molar-refractivity contribution in [2.24, 2.45) is 0 Å². The SMILES string of the molecule is Fc1ccc(C=CCc2ncc[c]c2Cl)cc1. The van der Waals surface area contributed by atoms with Gasteiger partial charge in [-0.05, 0) is 23.8 Å². The summed E-state index contributed by atoms with van der Waals surface area (Å²) in [7, 11) is 0. The number of nitrogens with zero attached hydrogens (tertiary/aromatic N) is 1. The largest absolute Gasteiger partial charge is 0.259 e. The normalized spacial score (nSPS) is 10.9. The number of pyridine rings is 1. The van der Waals surface area contributed by atoms with Crippen LogP contribution in [-0.4, -0.2) is 4.98 Å². The number of rotatable bonds is 3. The van der Waals surface area contributed by atoms with Gasteiger partial charge in [0.25, 0.3) is 0 Å². The van der Waals surface area contributed by atoms with Gasteiger partial charge in [-0.25, -0.2) is 4.39 Å². The number of hydrogen-bond acceptors (Lipinski definition) is 1. The lowest BCUT2D eigenvalue weighted by Gasteiger charge is -1.97. The lowest BCUT2D eigenvalue weighted by molar-refractivity contribution is 0.628. The van der Waals surface area contributed by atoms with Crippen LogP contribution in [0.15, 0.2) is 42.6 Å². The highest BCUT2D eigenvalue weighted by Gasteiger charge is 1.97. The van der Waals surface area contributed by atoms with E-state index in [1.54, 1.807) is 24.4 Å². The fourth-order valence-corrected chi connectivity index (χ4v) is 1.59. The molecule has 0 spiro atoms. The molecule has 85 valence electrons. The topological polar surface area (TPSA) is 12.9 Å². The van der Waals surface area contributed by atoms with Crippen molar-refractivity contribution < 1.29 is 4.39 Å². The lowest BCUT2D eigenvalue weighted by Crippen LogP contribution is -1.87. The fraction of sp³-hybridized carbons (Fsp3) is 0.0714. The zero-order valence-electron chi connectivity index (χ0n) is 9.03. The molecule has 2 aromatic rings. The Morgan fingerprint density at radius 3 is 2.76 bits per heavy atom. The predicted molar refractivity (Wildman–Crippen MR) is 67.2 cm³/mol. The minimum absolute atomic E-state index is 0.232. The van der Waals surface area contributed by atoms with E-state index in [1.165, 1.54) is 12.1 Å². The molecule has 1 aromatic carbocycles. The van der Waals surface area contributed by atoms with Crippen molar-refractivity contribution in [3.63, 3.8) is 0 Å². The number of halogens is 2. The summed E-state index contributed by atoms with van der Waals surface area (Å²) in [6.07, 6.45) is 6.14. The first kappa shape index (κ1) is 11.8. The molecule has 0 saturated heterocycles. The number of aromatic nitrogens is 1. The summed E-state index contributed by atoms with van der Waals surface area (Å²) in [5, 5.41) is 0.538.